The summed E-state index contributed by atoms with van der Waals surface area (Å²) in [6.45, 7) is 6.03. The molecule has 0 unspecified atom stereocenters. The van der Waals surface area contributed by atoms with Gasteiger partial charge in [-0.25, -0.2) is 0 Å². The Labute approximate surface area is 315 Å². The fraction of sp³-hybridized carbons (Fsp3) is 0.357. The molecule has 0 bridgehead atoms. The Hall–Kier alpha value is -4.32. The summed E-state index contributed by atoms with van der Waals surface area (Å²) in [5.74, 6) is -0.918. The van der Waals surface area contributed by atoms with E-state index in [0.29, 0.717) is 42.1 Å². The number of carbonyl (C=O) groups is 3. The number of hydrogen-bond donors (Lipinski definition) is 2. The van der Waals surface area contributed by atoms with Crippen molar-refractivity contribution in [1.82, 2.24) is 4.90 Å². The van der Waals surface area contributed by atoms with Crippen LogP contribution in [0.5, 0.6) is 0 Å². The Morgan fingerprint density at radius 3 is 2.42 bits per heavy atom. The lowest BCUT2D eigenvalue weighted by Crippen LogP contribution is -2.48. The van der Waals surface area contributed by atoms with Crippen LogP contribution in [0.3, 0.4) is 0 Å². The molecule has 9 nitrogen and oxygen atoms in total. The average molecular weight is 750 g/mol. The van der Waals surface area contributed by atoms with E-state index in [1.54, 1.807) is 26.8 Å². The second-order valence-corrected chi connectivity index (χ2v) is 19.9. The van der Waals surface area contributed by atoms with E-state index in [9.17, 15) is 19.5 Å². The van der Waals surface area contributed by atoms with Gasteiger partial charge in [-0.1, -0.05) is 73.1 Å². The molecule has 4 aromatic carbocycles. The SMILES string of the molecule is C[C@@H]1[C@@H]([Si](C)(C)O)[C@H](CC(=O)N2Cc3ccccc3C[C@H]2CO)O[C@@]12C(=O)N(Cc1cccc(N3C(=O)CCc4ccccc43)c1)c1ccc(Cl)cc12. The molecule has 5 atom stereocenters. The van der Waals surface area contributed by atoms with Crippen LogP contribution in [0, 0.1) is 5.92 Å². The van der Waals surface area contributed by atoms with E-state index in [0.717, 1.165) is 33.6 Å². The van der Waals surface area contributed by atoms with Gasteiger partial charge in [0.25, 0.3) is 5.91 Å². The maximum atomic E-state index is 15.1. The third kappa shape index (κ3) is 6.01. The molecule has 2 N–H and O–H groups in total. The van der Waals surface area contributed by atoms with E-state index in [1.165, 1.54) is 0 Å². The molecule has 3 amide bonds. The van der Waals surface area contributed by atoms with Crippen LogP contribution in [0.15, 0.2) is 91.0 Å². The minimum atomic E-state index is -3.05. The van der Waals surface area contributed by atoms with Gasteiger partial charge in [0.05, 0.1) is 43.1 Å². The zero-order chi connectivity index (χ0) is 37.2. The number of para-hydroxylation sites is 1. The zero-order valence-electron chi connectivity index (χ0n) is 30.2. The third-order valence-electron chi connectivity index (χ3n) is 11.8. The molecule has 11 heteroatoms. The van der Waals surface area contributed by atoms with Crippen molar-refractivity contribution in [1.29, 1.82) is 0 Å². The number of halogens is 1. The maximum Gasteiger partial charge on any atom is 0.264 e. The van der Waals surface area contributed by atoms with Gasteiger partial charge < -0.3 is 24.4 Å². The number of amides is 3. The molecular weight excluding hydrogens is 706 g/mol. The topological polar surface area (TPSA) is 111 Å². The lowest BCUT2D eigenvalue weighted by molar-refractivity contribution is -0.151. The summed E-state index contributed by atoms with van der Waals surface area (Å²) in [6.07, 6.45) is 0.876. The number of ether oxygens (including phenoxy) is 1. The lowest BCUT2D eigenvalue weighted by Gasteiger charge is -2.37. The second-order valence-electron chi connectivity index (χ2n) is 15.5. The molecule has 4 aromatic rings. The predicted octanol–water partition coefficient (Wildman–Crippen LogP) is 6.63. The molecule has 4 aliphatic rings. The van der Waals surface area contributed by atoms with Crippen molar-refractivity contribution in [2.75, 3.05) is 16.4 Å². The number of rotatable bonds is 7. The van der Waals surface area contributed by atoms with Crippen molar-refractivity contribution >= 4 is 54.7 Å². The van der Waals surface area contributed by atoms with Gasteiger partial charge in [-0.2, -0.15) is 0 Å². The highest BCUT2D eigenvalue weighted by Crippen LogP contribution is 2.60. The highest BCUT2D eigenvalue weighted by molar-refractivity contribution is 6.71. The van der Waals surface area contributed by atoms with Gasteiger partial charge in [0.1, 0.15) is 0 Å². The first-order valence-electron chi connectivity index (χ1n) is 18.4. The monoisotopic (exact) mass is 749 g/mol. The smallest absolute Gasteiger partial charge is 0.264 e. The molecule has 8 rings (SSSR count). The van der Waals surface area contributed by atoms with E-state index in [1.807, 2.05) is 98.9 Å². The molecule has 0 aliphatic carbocycles. The first-order valence-corrected chi connectivity index (χ1v) is 21.8. The summed E-state index contributed by atoms with van der Waals surface area (Å²) in [4.78, 5) is 59.5. The van der Waals surface area contributed by atoms with E-state index >= 15 is 4.79 Å². The van der Waals surface area contributed by atoms with Gasteiger partial charge in [-0.15, -0.1) is 0 Å². The Kier molecular flexibility index (Phi) is 9.10. The van der Waals surface area contributed by atoms with Gasteiger partial charge in [0.15, 0.2) is 13.9 Å². The summed E-state index contributed by atoms with van der Waals surface area (Å²) in [7, 11) is -3.05. The van der Waals surface area contributed by atoms with Crippen molar-refractivity contribution in [2.45, 2.75) is 82.1 Å². The minimum absolute atomic E-state index is 0.0201. The highest BCUT2D eigenvalue weighted by atomic mass is 35.5. The molecule has 4 heterocycles. The molecule has 274 valence electrons. The molecule has 1 fully saturated rings. The number of nitrogens with zero attached hydrogens (tertiary/aromatic N) is 3. The van der Waals surface area contributed by atoms with Crippen LogP contribution in [0.2, 0.25) is 23.7 Å². The van der Waals surface area contributed by atoms with Gasteiger partial charge in [-0.05, 0) is 84.6 Å². The fourth-order valence-electron chi connectivity index (χ4n) is 9.43. The fourth-order valence-corrected chi connectivity index (χ4v) is 12.2. The van der Waals surface area contributed by atoms with E-state index < -0.39 is 31.5 Å². The van der Waals surface area contributed by atoms with Crippen molar-refractivity contribution < 1.29 is 29.0 Å². The normalized spacial score (nSPS) is 25.1. The van der Waals surface area contributed by atoms with Crippen LogP contribution < -0.4 is 9.80 Å². The Balaban J connectivity index is 1.12. The molecule has 0 saturated carbocycles. The van der Waals surface area contributed by atoms with Gasteiger partial charge >= 0.3 is 0 Å². The number of hydrogen-bond acceptors (Lipinski definition) is 6. The minimum Gasteiger partial charge on any atom is -0.432 e. The number of benzene rings is 4. The molecule has 1 saturated heterocycles. The number of fused-ring (bicyclic) bond motifs is 4. The van der Waals surface area contributed by atoms with Crippen molar-refractivity contribution in [3.05, 3.63) is 124 Å². The summed E-state index contributed by atoms with van der Waals surface area (Å²) < 4.78 is 6.96. The number of aliphatic hydroxyl groups is 1. The molecule has 53 heavy (non-hydrogen) atoms. The van der Waals surface area contributed by atoms with Crippen molar-refractivity contribution in [3.8, 4) is 0 Å². The summed E-state index contributed by atoms with van der Waals surface area (Å²) in [5, 5.41) is 10.8. The van der Waals surface area contributed by atoms with Crippen LogP contribution in [0.25, 0.3) is 0 Å². The number of carbonyl (C=O) groups excluding carboxylic acids is 3. The molecule has 0 aromatic heterocycles. The Morgan fingerprint density at radius 1 is 0.925 bits per heavy atom. The zero-order valence-corrected chi connectivity index (χ0v) is 31.9. The number of anilines is 3. The van der Waals surface area contributed by atoms with E-state index in [2.05, 4.69) is 0 Å². The van der Waals surface area contributed by atoms with Crippen molar-refractivity contribution in [2.24, 2.45) is 5.92 Å². The summed E-state index contributed by atoms with van der Waals surface area (Å²) in [6, 6.07) is 28.6. The highest BCUT2D eigenvalue weighted by Gasteiger charge is 2.66. The van der Waals surface area contributed by atoms with Gasteiger partial charge in [-0.3, -0.25) is 19.3 Å². The number of aryl methyl sites for hydroxylation is 1. The quantitative estimate of drug-likeness (QED) is 0.205. The van der Waals surface area contributed by atoms with Crippen LogP contribution in [-0.4, -0.2) is 59.6 Å². The molecule has 0 radical (unpaired) electrons. The van der Waals surface area contributed by atoms with Crippen LogP contribution in [0.4, 0.5) is 17.1 Å². The molecule has 4 aliphatic heterocycles. The van der Waals surface area contributed by atoms with Gasteiger partial charge in [0.2, 0.25) is 11.8 Å². The first-order chi connectivity index (χ1) is 25.4. The summed E-state index contributed by atoms with van der Waals surface area (Å²) in [5.41, 5.74) is 5.04. The molecule has 1 spiro atoms. The average Bonchev–Trinajstić information content (AvgIpc) is 3.56. The van der Waals surface area contributed by atoms with Gasteiger partial charge in [0, 0.05) is 40.7 Å². The van der Waals surface area contributed by atoms with Crippen LogP contribution in [0.1, 0.15) is 47.6 Å². The Bertz CT molecular complexity index is 2120. The predicted molar refractivity (Wildman–Crippen MR) is 206 cm³/mol. The summed E-state index contributed by atoms with van der Waals surface area (Å²) >= 11 is 6.62. The van der Waals surface area contributed by atoms with E-state index in [-0.39, 0.29) is 43.3 Å². The number of aliphatic hydroxyl groups excluding tert-OH is 1. The van der Waals surface area contributed by atoms with E-state index in [4.69, 9.17) is 16.3 Å². The van der Waals surface area contributed by atoms with Crippen molar-refractivity contribution in [3.63, 3.8) is 0 Å². The molecular formula is C42H44ClN3O6Si. The standard InChI is InChI=1S/C42H44ClN3O6Si/c1-26-40(53(2,3)51)37(22-39(49)44-24-30-12-5-4-11-29(30)20-33(44)25-47)52-42(26)34-21-31(43)16-17-36(34)45(41(42)50)23-27-9-8-13-32(19-27)46-35-14-7-6-10-28(35)15-18-38(46)48/h4-14,16-17,19,21,26,33,37,40,47,51H,15,18,20,22-25H2,1-3H3/t26-,33+,37+,40-,42+/m1/s1. The van der Waals surface area contributed by atoms with Crippen LogP contribution in [-0.2, 0) is 50.7 Å². The largest absolute Gasteiger partial charge is 0.432 e. The second kappa shape index (κ2) is 13.5. The Morgan fingerprint density at radius 2 is 1.66 bits per heavy atom. The third-order valence-corrected chi connectivity index (χ3v) is 14.5. The maximum absolute atomic E-state index is 15.1. The first kappa shape index (κ1) is 35.7. The lowest BCUT2D eigenvalue weighted by atomic mass is 9.82. The van der Waals surface area contributed by atoms with Crippen LogP contribution >= 0.6 is 11.6 Å².